The fourth-order valence-corrected chi connectivity index (χ4v) is 2.73. The summed E-state index contributed by atoms with van der Waals surface area (Å²) in [6.45, 7) is 1.62. The second-order valence-electron chi connectivity index (χ2n) is 5.17. The second-order valence-corrected chi connectivity index (χ2v) is 6.03. The number of halogens is 1. The predicted molar refractivity (Wildman–Crippen MR) is 97.3 cm³/mol. The van der Waals surface area contributed by atoms with Gasteiger partial charge in [-0.3, -0.25) is 14.9 Å². The monoisotopic (exact) mass is 405 g/mol. The molecule has 0 fully saturated rings. The summed E-state index contributed by atoms with van der Waals surface area (Å²) in [7, 11) is 0. The molecule has 0 heterocycles. The molecule has 0 saturated carbocycles. The van der Waals surface area contributed by atoms with Crippen LogP contribution in [0.25, 0.3) is 0 Å². The van der Waals surface area contributed by atoms with E-state index in [1.165, 1.54) is 18.3 Å². The molecule has 0 aromatic heterocycles. The quantitative estimate of drug-likeness (QED) is 0.432. The smallest absolute Gasteiger partial charge is 0.270 e. The Morgan fingerprint density at radius 2 is 2.12 bits per heavy atom. The molecule has 0 spiro atoms. The number of benzene rings is 2. The van der Waals surface area contributed by atoms with Gasteiger partial charge in [0.15, 0.2) is 6.61 Å². The first-order chi connectivity index (χ1) is 12.0. The van der Waals surface area contributed by atoms with Crippen molar-refractivity contribution >= 4 is 33.7 Å². The van der Waals surface area contributed by atoms with Gasteiger partial charge in [-0.2, -0.15) is 0 Å². The van der Waals surface area contributed by atoms with Crippen molar-refractivity contribution in [3.8, 4) is 0 Å². The van der Waals surface area contributed by atoms with Crippen molar-refractivity contribution in [2.45, 2.75) is 13.0 Å². The lowest BCUT2D eigenvalue weighted by Gasteiger charge is -2.15. The second kappa shape index (κ2) is 8.93. The molecule has 0 unspecified atom stereocenters. The minimum absolute atomic E-state index is 0.0380. The molecule has 1 atom stereocenters. The number of hydrogen-bond donors (Lipinski definition) is 1. The van der Waals surface area contributed by atoms with E-state index in [1.54, 1.807) is 12.1 Å². The Hall–Kier alpha value is -2.74. The molecule has 0 saturated heterocycles. The standard InChI is InChI=1S/C17H16BrN3O4/c1-12(15-7-2-3-8-16(15)18)20-17(22)11-25-19-10-13-5-4-6-14(9-13)21(23)24/h2-10,12H,11H2,1H3,(H,20,22)/b19-10-/t12-/m1/s1. The van der Waals surface area contributed by atoms with Crippen LogP contribution in [-0.2, 0) is 9.63 Å². The molecule has 0 radical (unpaired) electrons. The van der Waals surface area contributed by atoms with Gasteiger partial charge in [-0.15, -0.1) is 0 Å². The number of rotatable bonds is 7. The largest absolute Gasteiger partial charge is 0.386 e. The molecular formula is C17H16BrN3O4. The Morgan fingerprint density at radius 3 is 2.84 bits per heavy atom. The normalized spacial score (nSPS) is 11.9. The zero-order valence-electron chi connectivity index (χ0n) is 13.4. The van der Waals surface area contributed by atoms with Crippen molar-refractivity contribution < 1.29 is 14.6 Å². The molecule has 130 valence electrons. The number of nitro benzene ring substituents is 1. The fraction of sp³-hybridized carbons (Fsp3) is 0.176. The summed E-state index contributed by atoms with van der Waals surface area (Å²) in [5.74, 6) is -0.320. The third kappa shape index (κ3) is 5.68. The molecule has 0 aliphatic carbocycles. The molecule has 8 heteroatoms. The summed E-state index contributed by atoms with van der Waals surface area (Å²) in [5.41, 5.74) is 1.43. The van der Waals surface area contributed by atoms with Crippen LogP contribution in [0.2, 0.25) is 0 Å². The summed E-state index contributed by atoms with van der Waals surface area (Å²) in [4.78, 5) is 27.0. The third-order valence-electron chi connectivity index (χ3n) is 3.30. The molecule has 2 aromatic carbocycles. The van der Waals surface area contributed by atoms with Gasteiger partial charge in [-0.25, -0.2) is 0 Å². The highest BCUT2D eigenvalue weighted by atomic mass is 79.9. The van der Waals surface area contributed by atoms with Crippen LogP contribution in [0, 0.1) is 10.1 Å². The number of nitrogens with one attached hydrogen (secondary N) is 1. The molecule has 7 nitrogen and oxygen atoms in total. The Bertz CT molecular complexity index is 795. The summed E-state index contributed by atoms with van der Waals surface area (Å²) >= 11 is 3.44. The van der Waals surface area contributed by atoms with Crippen LogP contribution in [-0.4, -0.2) is 23.7 Å². The lowest BCUT2D eigenvalue weighted by molar-refractivity contribution is -0.384. The van der Waals surface area contributed by atoms with Crippen LogP contribution in [0.4, 0.5) is 5.69 Å². The van der Waals surface area contributed by atoms with Crippen LogP contribution in [0.1, 0.15) is 24.1 Å². The summed E-state index contributed by atoms with van der Waals surface area (Å²) in [5, 5.41) is 17.2. The zero-order valence-corrected chi connectivity index (χ0v) is 15.0. The van der Waals surface area contributed by atoms with Crippen LogP contribution in [0.5, 0.6) is 0 Å². The van der Waals surface area contributed by atoms with E-state index in [2.05, 4.69) is 26.4 Å². The van der Waals surface area contributed by atoms with Gasteiger partial charge < -0.3 is 10.2 Å². The van der Waals surface area contributed by atoms with Crippen molar-refractivity contribution in [3.05, 3.63) is 74.2 Å². The first-order valence-corrected chi connectivity index (χ1v) is 8.20. The maximum atomic E-state index is 11.9. The molecule has 0 aliphatic heterocycles. The van der Waals surface area contributed by atoms with Gasteiger partial charge in [0.2, 0.25) is 0 Å². The van der Waals surface area contributed by atoms with Crippen molar-refractivity contribution in [3.63, 3.8) is 0 Å². The summed E-state index contributed by atoms with van der Waals surface area (Å²) < 4.78 is 0.910. The van der Waals surface area contributed by atoms with Gasteiger partial charge in [-0.1, -0.05) is 51.4 Å². The number of amides is 1. The lowest BCUT2D eigenvalue weighted by Crippen LogP contribution is -2.29. The Labute approximate surface area is 153 Å². The molecule has 1 N–H and O–H groups in total. The Balaban J connectivity index is 1.83. The van der Waals surface area contributed by atoms with Gasteiger partial charge in [0, 0.05) is 22.2 Å². The van der Waals surface area contributed by atoms with E-state index >= 15 is 0 Å². The minimum atomic E-state index is -0.491. The van der Waals surface area contributed by atoms with Gasteiger partial charge in [0.25, 0.3) is 11.6 Å². The lowest BCUT2D eigenvalue weighted by atomic mass is 10.1. The highest BCUT2D eigenvalue weighted by Gasteiger charge is 2.12. The number of hydrogen-bond acceptors (Lipinski definition) is 5. The van der Waals surface area contributed by atoms with Crippen molar-refractivity contribution in [1.29, 1.82) is 0 Å². The van der Waals surface area contributed by atoms with Crippen molar-refractivity contribution in [1.82, 2.24) is 5.32 Å². The maximum Gasteiger partial charge on any atom is 0.270 e. The van der Waals surface area contributed by atoms with Crippen LogP contribution in [0.15, 0.2) is 58.2 Å². The van der Waals surface area contributed by atoms with Crippen LogP contribution >= 0.6 is 15.9 Å². The van der Waals surface area contributed by atoms with E-state index < -0.39 is 4.92 Å². The molecular weight excluding hydrogens is 390 g/mol. The van der Waals surface area contributed by atoms with Gasteiger partial charge in [0.05, 0.1) is 17.2 Å². The van der Waals surface area contributed by atoms with E-state index in [1.807, 2.05) is 31.2 Å². The topological polar surface area (TPSA) is 93.8 Å². The molecule has 0 bridgehead atoms. The molecule has 0 aliphatic rings. The summed E-state index contributed by atoms with van der Waals surface area (Å²) in [6.07, 6.45) is 1.32. The van der Waals surface area contributed by atoms with Crippen LogP contribution in [0.3, 0.4) is 0 Å². The first-order valence-electron chi connectivity index (χ1n) is 7.41. The van der Waals surface area contributed by atoms with E-state index in [0.717, 1.165) is 10.0 Å². The predicted octanol–water partition coefficient (Wildman–Crippen LogP) is 3.59. The first kappa shape index (κ1) is 18.6. The molecule has 1 amide bonds. The van der Waals surface area contributed by atoms with Gasteiger partial charge >= 0.3 is 0 Å². The average molecular weight is 406 g/mol. The van der Waals surface area contributed by atoms with E-state index in [9.17, 15) is 14.9 Å². The van der Waals surface area contributed by atoms with E-state index in [4.69, 9.17) is 4.84 Å². The third-order valence-corrected chi connectivity index (χ3v) is 4.02. The van der Waals surface area contributed by atoms with Crippen molar-refractivity contribution in [2.24, 2.45) is 5.16 Å². The average Bonchev–Trinajstić information content (AvgIpc) is 2.59. The Kier molecular flexibility index (Phi) is 6.64. The van der Waals surface area contributed by atoms with Gasteiger partial charge in [-0.05, 0) is 18.6 Å². The fourth-order valence-electron chi connectivity index (χ4n) is 2.10. The van der Waals surface area contributed by atoms with E-state index in [-0.39, 0.29) is 24.2 Å². The van der Waals surface area contributed by atoms with Crippen LogP contribution < -0.4 is 5.32 Å². The van der Waals surface area contributed by atoms with Crippen molar-refractivity contribution in [2.75, 3.05) is 6.61 Å². The zero-order chi connectivity index (χ0) is 18.2. The molecule has 2 rings (SSSR count). The SMILES string of the molecule is C[C@@H](NC(=O)CO/N=C\c1cccc([N+](=O)[O-])c1)c1ccccc1Br. The highest BCUT2D eigenvalue weighted by molar-refractivity contribution is 9.10. The number of carbonyl (C=O) groups is 1. The number of nitro groups is 1. The molecule has 25 heavy (non-hydrogen) atoms. The number of nitrogens with zero attached hydrogens (tertiary/aromatic N) is 2. The number of oxime groups is 1. The number of non-ortho nitro benzene ring substituents is 1. The highest BCUT2D eigenvalue weighted by Crippen LogP contribution is 2.22. The van der Waals surface area contributed by atoms with E-state index in [0.29, 0.717) is 5.56 Å². The minimum Gasteiger partial charge on any atom is -0.386 e. The van der Waals surface area contributed by atoms with Gasteiger partial charge in [0.1, 0.15) is 0 Å². The Morgan fingerprint density at radius 1 is 1.36 bits per heavy atom. The number of carbonyl (C=O) groups excluding carboxylic acids is 1. The maximum absolute atomic E-state index is 11.9. The summed E-state index contributed by atoms with van der Waals surface area (Å²) in [6, 6.07) is 13.4. The molecule has 2 aromatic rings.